The molecule has 0 saturated carbocycles. The summed E-state index contributed by atoms with van der Waals surface area (Å²) in [6.07, 6.45) is 6.11. The molecule has 4 nitrogen and oxygen atoms in total. The molecule has 0 spiro atoms. The van der Waals surface area contributed by atoms with Crippen LogP contribution in [-0.4, -0.2) is 35.0 Å². The van der Waals surface area contributed by atoms with Crippen molar-refractivity contribution in [2.45, 2.75) is 65.7 Å². The summed E-state index contributed by atoms with van der Waals surface area (Å²) in [5.41, 5.74) is 0. The van der Waals surface area contributed by atoms with Crippen molar-refractivity contribution in [2.24, 2.45) is 5.92 Å². The minimum absolute atomic E-state index is 0.0413. The second kappa shape index (κ2) is 10.8. The Bertz CT molecular complexity index is 262. The molecule has 1 N–H and O–H groups in total. The minimum Gasteiger partial charge on any atom is -0.481 e. The van der Waals surface area contributed by atoms with Gasteiger partial charge in [-0.2, -0.15) is 0 Å². The molecule has 0 radical (unpaired) electrons. The topological polar surface area (TPSA) is 57.6 Å². The number of carbonyl (C=O) groups is 2. The van der Waals surface area contributed by atoms with Gasteiger partial charge in [0, 0.05) is 19.0 Å². The van der Waals surface area contributed by atoms with Crippen LogP contribution in [0.3, 0.4) is 0 Å². The van der Waals surface area contributed by atoms with Gasteiger partial charge in [-0.1, -0.05) is 40.0 Å². The molecule has 0 aliphatic rings. The van der Waals surface area contributed by atoms with Crippen molar-refractivity contribution in [3.8, 4) is 0 Å². The highest BCUT2D eigenvalue weighted by molar-refractivity contribution is 5.79. The predicted octanol–water partition coefficient (Wildman–Crippen LogP) is 3.31. The van der Waals surface area contributed by atoms with E-state index in [-0.39, 0.29) is 18.2 Å². The van der Waals surface area contributed by atoms with Crippen molar-refractivity contribution in [3.05, 3.63) is 0 Å². The van der Waals surface area contributed by atoms with Gasteiger partial charge in [-0.15, -0.1) is 0 Å². The monoisotopic (exact) mass is 271 g/mol. The van der Waals surface area contributed by atoms with E-state index in [1.807, 2.05) is 13.8 Å². The zero-order valence-electron chi connectivity index (χ0n) is 12.7. The molecule has 4 heteroatoms. The van der Waals surface area contributed by atoms with E-state index in [0.717, 1.165) is 32.1 Å². The summed E-state index contributed by atoms with van der Waals surface area (Å²) in [5.74, 6) is -0.668. The number of carboxylic acid groups (broad SMARTS) is 1. The van der Waals surface area contributed by atoms with Crippen LogP contribution in [0.15, 0.2) is 0 Å². The summed E-state index contributed by atoms with van der Waals surface area (Å²) in [6.45, 7) is 7.22. The summed E-state index contributed by atoms with van der Waals surface area (Å²) in [6, 6.07) is 0. The minimum atomic E-state index is -0.837. The second-order valence-electron chi connectivity index (χ2n) is 5.04. The predicted molar refractivity (Wildman–Crippen MR) is 77.0 cm³/mol. The van der Waals surface area contributed by atoms with Crippen LogP contribution in [0.5, 0.6) is 0 Å². The Labute approximate surface area is 117 Å². The summed E-state index contributed by atoms with van der Waals surface area (Å²) in [4.78, 5) is 24.7. The van der Waals surface area contributed by atoms with Gasteiger partial charge in [-0.25, -0.2) is 0 Å². The molecule has 0 aliphatic heterocycles. The summed E-state index contributed by atoms with van der Waals surface area (Å²) < 4.78 is 0. The molecule has 112 valence electrons. The Balaban J connectivity index is 4.37. The number of aliphatic carboxylic acids is 1. The molecular formula is C15H29NO3. The maximum absolute atomic E-state index is 12.3. The van der Waals surface area contributed by atoms with Gasteiger partial charge in [0.25, 0.3) is 0 Å². The fraction of sp³-hybridized carbons (Fsp3) is 0.867. The lowest BCUT2D eigenvalue weighted by atomic mass is 10.0. The van der Waals surface area contributed by atoms with Gasteiger partial charge in [-0.3, -0.25) is 9.59 Å². The average Bonchev–Trinajstić information content (AvgIpc) is 2.38. The first-order chi connectivity index (χ1) is 9.06. The van der Waals surface area contributed by atoms with Crippen LogP contribution in [0.2, 0.25) is 0 Å². The van der Waals surface area contributed by atoms with E-state index in [0.29, 0.717) is 13.1 Å². The molecule has 0 rings (SSSR count). The van der Waals surface area contributed by atoms with Gasteiger partial charge in [-0.05, 0) is 19.3 Å². The third-order valence-corrected chi connectivity index (χ3v) is 3.52. The zero-order valence-corrected chi connectivity index (χ0v) is 12.7. The molecule has 0 saturated heterocycles. The molecule has 1 amide bonds. The maximum atomic E-state index is 12.3. The lowest BCUT2D eigenvalue weighted by Crippen LogP contribution is -2.38. The average molecular weight is 271 g/mol. The first-order valence-corrected chi connectivity index (χ1v) is 7.57. The zero-order chi connectivity index (χ0) is 14.7. The first-order valence-electron chi connectivity index (χ1n) is 7.57. The number of hydrogen-bond acceptors (Lipinski definition) is 2. The van der Waals surface area contributed by atoms with E-state index in [9.17, 15) is 9.59 Å². The van der Waals surface area contributed by atoms with Crippen molar-refractivity contribution in [1.29, 1.82) is 0 Å². The highest BCUT2D eigenvalue weighted by Crippen LogP contribution is 2.13. The van der Waals surface area contributed by atoms with E-state index < -0.39 is 5.97 Å². The molecule has 0 aromatic carbocycles. The van der Waals surface area contributed by atoms with Crippen LogP contribution in [-0.2, 0) is 9.59 Å². The van der Waals surface area contributed by atoms with Crippen LogP contribution >= 0.6 is 0 Å². The van der Waals surface area contributed by atoms with Gasteiger partial charge < -0.3 is 10.0 Å². The highest BCUT2D eigenvalue weighted by atomic mass is 16.4. The van der Waals surface area contributed by atoms with Gasteiger partial charge in [0.05, 0.1) is 6.42 Å². The van der Waals surface area contributed by atoms with Gasteiger partial charge >= 0.3 is 5.97 Å². The van der Waals surface area contributed by atoms with Crippen molar-refractivity contribution < 1.29 is 14.7 Å². The molecule has 0 heterocycles. The van der Waals surface area contributed by atoms with Crippen LogP contribution in [0.1, 0.15) is 65.7 Å². The number of rotatable bonds is 11. The van der Waals surface area contributed by atoms with E-state index in [1.165, 1.54) is 6.42 Å². The van der Waals surface area contributed by atoms with Crippen molar-refractivity contribution >= 4 is 11.9 Å². The van der Waals surface area contributed by atoms with Crippen molar-refractivity contribution in [1.82, 2.24) is 4.90 Å². The Hall–Kier alpha value is -1.06. The highest BCUT2D eigenvalue weighted by Gasteiger charge is 2.21. The Morgan fingerprint density at radius 3 is 2.11 bits per heavy atom. The molecule has 0 atom stereocenters. The number of carboxylic acids is 1. The number of hydrogen-bond donors (Lipinski definition) is 1. The van der Waals surface area contributed by atoms with Crippen LogP contribution in [0, 0.1) is 5.92 Å². The van der Waals surface area contributed by atoms with Gasteiger partial charge in [0.1, 0.15) is 0 Å². The first kappa shape index (κ1) is 17.9. The van der Waals surface area contributed by atoms with Crippen molar-refractivity contribution in [3.63, 3.8) is 0 Å². The molecule has 19 heavy (non-hydrogen) atoms. The fourth-order valence-electron chi connectivity index (χ4n) is 2.19. The quantitative estimate of drug-likeness (QED) is 0.586. The number of unbranched alkanes of at least 4 members (excludes halogenated alkanes) is 3. The second-order valence-corrected chi connectivity index (χ2v) is 5.04. The Morgan fingerprint density at radius 1 is 1.00 bits per heavy atom. The Morgan fingerprint density at radius 2 is 1.63 bits per heavy atom. The molecule has 0 aromatic rings. The fourth-order valence-corrected chi connectivity index (χ4v) is 2.19. The molecule has 0 aliphatic carbocycles. The lowest BCUT2D eigenvalue weighted by molar-refractivity contribution is -0.140. The van der Waals surface area contributed by atoms with Crippen LogP contribution < -0.4 is 0 Å². The number of amides is 1. The third kappa shape index (κ3) is 7.85. The molecule has 0 aromatic heterocycles. The Kier molecular flexibility index (Phi) is 10.2. The standard InChI is InChI=1S/C15H29NO3/c1-4-7-8-9-11-16(12-10-14(17)18)15(19)13(5-2)6-3/h13H,4-12H2,1-3H3,(H,17,18). The van der Waals surface area contributed by atoms with E-state index >= 15 is 0 Å². The van der Waals surface area contributed by atoms with Gasteiger partial charge in [0.15, 0.2) is 0 Å². The third-order valence-electron chi connectivity index (χ3n) is 3.52. The summed E-state index contributed by atoms with van der Waals surface area (Å²) in [7, 11) is 0. The summed E-state index contributed by atoms with van der Waals surface area (Å²) in [5, 5.41) is 8.77. The smallest absolute Gasteiger partial charge is 0.305 e. The largest absolute Gasteiger partial charge is 0.481 e. The van der Waals surface area contributed by atoms with Crippen LogP contribution in [0.25, 0.3) is 0 Å². The molecule has 0 unspecified atom stereocenters. The van der Waals surface area contributed by atoms with Crippen LogP contribution in [0.4, 0.5) is 0 Å². The molecule has 0 fully saturated rings. The SMILES string of the molecule is CCCCCCN(CCC(=O)O)C(=O)C(CC)CC. The van der Waals surface area contributed by atoms with E-state index in [2.05, 4.69) is 6.92 Å². The normalized spacial score (nSPS) is 10.7. The summed E-state index contributed by atoms with van der Waals surface area (Å²) >= 11 is 0. The maximum Gasteiger partial charge on any atom is 0.305 e. The van der Waals surface area contributed by atoms with Crippen molar-refractivity contribution in [2.75, 3.05) is 13.1 Å². The van der Waals surface area contributed by atoms with E-state index in [4.69, 9.17) is 5.11 Å². The molecular weight excluding hydrogens is 242 g/mol. The lowest BCUT2D eigenvalue weighted by Gasteiger charge is -2.26. The van der Waals surface area contributed by atoms with E-state index in [1.54, 1.807) is 4.90 Å². The van der Waals surface area contributed by atoms with Gasteiger partial charge in [0.2, 0.25) is 5.91 Å². The number of nitrogens with zero attached hydrogens (tertiary/aromatic N) is 1. The molecule has 0 bridgehead atoms. The number of carbonyl (C=O) groups excluding carboxylic acids is 1.